The number of esters is 1. The van der Waals surface area contributed by atoms with Crippen molar-refractivity contribution >= 4 is 5.97 Å². The minimum Gasteiger partial charge on any atom is -0.465 e. The van der Waals surface area contributed by atoms with E-state index in [-0.39, 0.29) is 6.10 Å². The van der Waals surface area contributed by atoms with Crippen LogP contribution in [0.25, 0.3) is 0 Å². The Labute approximate surface area is 59.7 Å². The van der Waals surface area contributed by atoms with E-state index in [1.54, 1.807) is 13.8 Å². The molecule has 0 rings (SSSR count). The Bertz CT molecular complexity index is 110. The van der Waals surface area contributed by atoms with Gasteiger partial charge in [-0.2, -0.15) is 0 Å². The van der Waals surface area contributed by atoms with E-state index in [1.807, 2.05) is 0 Å². The summed E-state index contributed by atoms with van der Waals surface area (Å²) in [7, 11) is 1.19. The fourth-order valence-electron chi connectivity index (χ4n) is 0.414. The molecule has 0 aromatic carbocycles. The van der Waals surface area contributed by atoms with Gasteiger partial charge in [0.15, 0.2) is 0 Å². The molecule has 0 heterocycles. The Kier molecular flexibility index (Phi) is 3.99. The van der Waals surface area contributed by atoms with Gasteiger partial charge in [0.2, 0.25) is 0 Å². The van der Waals surface area contributed by atoms with Crippen LogP contribution in [0.3, 0.4) is 0 Å². The molecule has 0 bridgehead atoms. The van der Waals surface area contributed by atoms with Crippen LogP contribution in [0.1, 0.15) is 13.8 Å². The molecular formula is C6H12O4. The zero-order valence-electron chi connectivity index (χ0n) is 6.33. The van der Waals surface area contributed by atoms with Gasteiger partial charge in [-0.25, -0.2) is 4.79 Å². The van der Waals surface area contributed by atoms with Gasteiger partial charge in [0, 0.05) is 0 Å². The van der Waals surface area contributed by atoms with E-state index in [1.165, 1.54) is 7.11 Å². The van der Waals surface area contributed by atoms with E-state index in [9.17, 15) is 4.79 Å². The Balaban J connectivity index is 3.61. The first kappa shape index (κ1) is 9.39. The van der Waals surface area contributed by atoms with Gasteiger partial charge in [0.25, 0.3) is 6.29 Å². The van der Waals surface area contributed by atoms with Crippen LogP contribution in [0.15, 0.2) is 0 Å². The van der Waals surface area contributed by atoms with E-state index < -0.39 is 12.3 Å². The van der Waals surface area contributed by atoms with Crippen molar-refractivity contribution < 1.29 is 19.4 Å². The quantitative estimate of drug-likeness (QED) is 0.448. The lowest BCUT2D eigenvalue weighted by Gasteiger charge is -2.11. The minimum atomic E-state index is -1.45. The topological polar surface area (TPSA) is 55.8 Å². The fourth-order valence-corrected chi connectivity index (χ4v) is 0.414. The molecule has 4 nitrogen and oxygen atoms in total. The van der Waals surface area contributed by atoms with Crippen LogP contribution in [0.5, 0.6) is 0 Å². The van der Waals surface area contributed by atoms with Crippen LogP contribution in [0.4, 0.5) is 0 Å². The molecule has 0 unspecified atom stereocenters. The maximum Gasteiger partial charge on any atom is 0.363 e. The van der Waals surface area contributed by atoms with E-state index in [2.05, 4.69) is 9.47 Å². The Hall–Kier alpha value is -0.610. The van der Waals surface area contributed by atoms with Crippen LogP contribution in [0.2, 0.25) is 0 Å². The van der Waals surface area contributed by atoms with Crippen molar-refractivity contribution in [3.8, 4) is 0 Å². The summed E-state index contributed by atoms with van der Waals surface area (Å²) in [6, 6.07) is 0. The predicted molar refractivity (Wildman–Crippen MR) is 34.2 cm³/mol. The summed E-state index contributed by atoms with van der Waals surface area (Å²) in [6.07, 6.45) is -1.64. The Morgan fingerprint density at radius 2 is 2.00 bits per heavy atom. The molecule has 1 atom stereocenters. The molecule has 0 aromatic rings. The van der Waals surface area contributed by atoms with Crippen molar-refractivity contribution in [1.29, 1.82) is 0 Å². The monoisotopic (exact) mass is 148 g/mol. The fraction of sp³-hybridized carbons (Fsp3) is 0.833. The van der Waals surface area contributed by atoms with Gasteiger partial charge in [0.05, 0.1) is 13.2 Å². The summed E-state index contributed by atoms with van der Waals surface area (Å²) in [5.74, 6) is -0.770. The first-order valence-electron chi connectivity index (χ1n) is 2.99. The lowest BCUT2D eigenvalue weighted by molar-refractivity contribution is -0.186. The van der Waals surface area contributed by atoms with Crippen LogP contribution in [-0.2, 0) is 14.3 Å². The zero-order valence-corrected chi connectivity index (χ0v) is 6.33. The molecular weight excluding hydrogens is 136 g/mol. The number of rotatable bonds is 3. The van der Waals surface area contributed by atoms with Gasteiger partial charge in [-0.3, -0.25) is 0 Å². The van der Waals surface area contributed by atoms with E-state index in [4.69, 9.17) is 5.11 Å². The number of aliphatic hydroxyl groups excluding tert-OH is 1. The van der Waals surface area contributed by atoms with E-state index in [0.717, 1.165) is 0 Å². The van der Waals surface area contributed by atoms with Crippen molar-refractivity contribution in [2.45, 2.75) is 26.2 Å². The third-order valence-electron chi connectivity index (χ3n) is 0.804. The number of carbonyl (C=O) groups is 1. The van der Waals surface area contributed by atoms with Crippen LogP contribution >= 0.6 is 0 Å². The number of hydrogen-bond acceptors (Lipinski definition) is 4. The van der Waals surface area contributed by atoms with Crippen molar-refractivity contribution in [3.63, 3.8) is 0 Å². The molecule has 0 aromatic heterocycles. The van der Waals surface area contributed by atoms with Crippen molar-refractivity contribution in [2.75, 3.05) is 7.11 Å². The number of aliphatic hydroxyl groups is 1. The summed E-state index contributed by atoms with van der Waals surface area (Å²) < 4.78 is 8.88. The molecule has 0 amide bonds. The zero-order chi connectivity index (χ0) is 8.15. The normalized spacial score (nSPS) is 13.3. The smallest absolute Gasteiger partial charge is 0.363 e. The van der Waals surface area contributed by atoms with Gasteiger partial charge >= 0.3 is 5.97 Å². The molecule has 0 aliphatic rings. The third-order valence-corrected chi connectivity index (χ3v) is 0.804. The van der Waals surface area contributed by atoms with Gasteiger partial charge in [-0.1, -0.05) is 0 Å². The predicted octanol–water partition coefficient (Wildman–Crippen LogP) is -0.0972. The highest BCUT2D eigenvalue weighted by atomic mass is 16.7. The standard InChI is InChI=1S/C6H12O4/c1-4(2)10-6(8)5(7)9-3/h4,6,8H,1-3H3/t6-/m1/s1. The highest BCUT2D eigenvalue weighted by Crippen LogP contribution is 1.95. The van der Waals surface area contributed by atoms with E-state index >= 15 is 0 Å². The number of methoxy groups -OCH3 is 1. The first-order chi connectivity index (χ1) is 4.57. The summed E-state index contributed by atoms with van der Waals surface area (Å²) in [4.78, 5) is 10.5. The van der Waals surface area contributed by atoms with Crippen LogP contribution in [-0.4, -0.2) is 30.6 Å². The largest absolute Gasteiger partial charge is 0.465 e. The first-order valence-corrected chi connectivity index (χ1v) is 2.99. The van der Waals surface area contributed by atoms with Crippen LogP contribution < -0.4 is 0 Å². The van der Waals surface area contributed by atoms with Crippen molar-refractivity contribution in [2.24, 2.45) is 0 Å². The third kappa shape index (κ3) is 3.42. The van der Waals surface area contributed by atoms with Crippen molar-refractivity contribution in [3.05, 3.63) is 0 Å². The molecule has 4 heteroatoms. The molecule has 1 N–H and O–H groups in total. The van der Waals surface area contributed by atoms with Gasteiger partial charge in [0.1, 0.15) is 0 Å². The van der Waals surface area contributed by atoms with Crippen molar-refractivity contribution in [1.82, 2.24) is 0 Å². The van der Waals surface area contributed by atoms with Gasteiger partial charge in [-0.05, 0) is 13.8 Å². The van der Waals surface area contributed by atoms with Crippen LogP contribution in [0, 0.1) is 0 Å². The maximum atomic E-state index is 10.5. The lowest BCUT2D eigenvalue weighted by atomic mass is 10.5. The molecule has 0 radical (unpaired) electrons. The molecule has 0 spiro atoms. The average molecular weight is 148 g/mol. The molecule has 0 aliphatic heterocycles. The molecule has 0 saturated heterocycles. The Morgan fingerprint density at radius 3 is 2.30 bits per heavy atom. The van der Waals surface area contributed by atoms with Gasteiger partial charge in [-0.15, -0.1) is 0 Å². The second-order valence-electron chi connectivity index (χ2n) is 2.06. The summed E-state index contributed by atoms with van der Waals surface area (Å²) in [5, 5.41) is 8.79. The Morgan fingerprint density at radius 1 is 1.50 bits per heavy atom. The number of carbonyl (C=O) groups excluding carboxylic acids is 1. The SMILES string of the molecule is COC(=O)[C@H](O)OC(C)C. The van der Waals surface area contributed by atoms with Gasteiger partial charge < -0.3 is 14.6 Å². The number of ether oxygens (including phenoxy) is 2. The molecule has 0 aliphatic carbocycles. The molecule has 0 fully saturated rings. The molecule has 60 valence electrons. The highest BCUT2D eigenvalue weighted by molar-refractivity contribution is 5.72. The average Bonchev–Trinajstić information content (AvgIpc) is 1.85. The summed E-state index contributed by atoms with van der Waals surface area (Å²) in [5.41, 5.74) is 0. The second kappa shape index (κ2) is 4.24. The second-order valence-corrected chi connectivity index (χ2v) is 2.06. The lowest BCUT2D eigenvalue weighted by Crippen LogP contribution is -2.27. The summed E-state index contributed by atoms with van der Waals surface area (Å²) >= 11 is 0. The summed E-state index contributed by atoms with van der Waals surface area (Å²) in [6.45, 7) is 3.43. The minimum absolute atomic E-state index is 0.186. The molecule has 10 heavy (non-hydrogen) atoms. The number of hydrogen-bond donors (Lipinski definition) is 1. The highest BCUT2D eigenvalue weighted by Gasteiger charge is 2.16. The van der Waals surface area contributed by atoms with E-state index in [0.29, 0.717) is 0 Å². The molecule has 0 saturated carbocycles. The maximum absolute atomic E-state index is 10.5.